The van der Waals surface area contributed by atoms with E-state index in [-0.39, 0.29) is 5.41 Å². The number of nitrogens with zero attached hydrogens (tertiary/aromatic N) is 4. The van der Waals surface area contributed by atoms with Gasteiger partial charge in [0.2, 0.25) is 0 Å². The minimum atomic E-state index is -0.381. The molecule has 0 amide bonds. The Morgan fingerprint density at radius 2 is 0.828 bits per heavy atom. The molecule has 2 aliphatic rings. The van der Waals surface area contributed by atoms with E-state index in [1.165, 1.54) is 55.3 Å². The van der Waals surface area contributed by atoms with Crippen LogP contribution in [0.5, 0.6) is 0 Å². The monoisotopic (exact) mass is 736 g/mol. The number of hydrogen-bond acceptors (Lipinski definition) is 3. The third kappa shape index (κ3) is 4.56. The van der Waals surface area contributed by atoms with E-state index in [1.54, 1.807) is 4.80 Å². The van der Waals surface area contributed by atoms with Gasteiger partial charge >= 0.3 is 0 Å². The summed E-state index contributed by atoms with van der Waals surface area (Å²) in [7, 11) is 0. The van der Waals surface area contributed by atoms with E-state index in [4.69, 9.17) is 10.2 Å². The van der Waals surface area contributed by atoms with Crippen molar-refractivity contribution in [1.82, 2.24) is 15.0 Å². The van der Waals surface area contributed by atoms with Gasteiger partial charge in [0.15, 0.2) is 0 Å². The Hall–Kier alpha value is -7.87. The number of nitriles is 1. The molecule has 12 rings (SSSR count). The van der Waals surface area contributed by atoms with Crippen LogP contribution in [0.1, 0.15) is 27.8 Å². The van der Waals surface area contributed by atoms with Gasteiger partial charge in [-0.3, -0.25) is 0 Å². The first-order valence-electron chi connectivity index (χ1n) is 19.6. The second-order valence-corrected chi connectivity index (χ2v) is 15.3. The van der Waals surface area contributed by atoms with Crippen molar-refractivity contribution in [2.75, 3.05) is 0 Å². The van der Waals surface area contributed by atoms with Crippen LogP contribution in [0.25, 0.3) is 83.1 Å². The molecule has 1 aromatic heterocycles. The fourth-order valence-corrected chi connectivity index (χ4v) is 9.79. The largest absolute Gasteiger partial charge is 0.192 e. The molecular formula is C54H32N4. The van der Waals surface area contributed by atoms with Crippen molar-refractivity contribution in [3.8, 4) is 67.4 Å². The van der Waals surface area contributed by atoms with Gasteiger partial charge in [0.05, 0.1) is 22.7 Å². The Balaban J connectivity index is 0.905. The number of aromatic nitrogens is 3. The summed E-state index contributed by atoms with van der Waals surface area (Å²) in [6.07, 6.45) is 0. The second-order valence-electron chi connectivity index (χ2n) is 15.3. The molecule has 58 heavy (non-hydrogen) atoms. The van der Waals surface area contributed by atoms with Crippen LogP contribution < -0.4 is 0 Å². The molecule has 4 nitrogen and oxygen atoms in total. The quantitative estimate of drug-likeness (QED) is 0.181. The first kappa shape index (κ1) is 32.4. The van der Waals surface area contributed by atoms with E-state index in [2.05, 4.69) is 176 Å². The molecule has 1 spiro atoms. The third-order valence-electron chi connectivity index (χ3n) is 12.4. The molecule has 9 aromatic carbocycles. The predicted octanol–water partition coefficient (Wildman–Crippen LogP) is 12.8. The van der Waals surface area contributed by atoms with Crippen molar-refractivity contribution in [1.29, 1.82) is 5.26 Å². The van der Waals surface area contributed by atoms with Crippen LogP contribution in [0, 0.1) is 11.3 Å². The molecule has 0 aliphatic heterocycles. The lowest BCUT2D eigenvalue weighted by Gasteiger charge is -2.30. The Morgan fingerprint density at radius 3 is 1.41 bits per heavy atom. The highest BCUT2D eigenvalue weighted by Gasteiger charge is 2.51. The lowest BCUT2D eigenvalue weighted by molar-refractivity contribution is 0.766. The molecule has 0 unspecified atom stereocenters. The summed E-state index contributed by atoms with van der Waals surface area (Å²) < 4.78 is 0. The summed E-state index contributed by atoms with van der Waals surface area (Å²) in [5, 5.41) is 21.5. The predicted molar refractivity (Wildman–Crippen MR) is 234 cm³/mol. The third-order valence-corrected chi connectivity index (χ3v) is 12.4. The number of hydrogen-bond donors (Lipinski definition) is 0. The van der Waals surface area contributed by atoms with Crippen molar-refractivity contribution in [2.24, 2.45) is 0 Å². The first-order valence-corrected chi connectivity index (χ1v) is 19.6. The maximum Gasteiger partial charge on any atom is 0.114 e. The number of rotatable bonds is 4. The van der Waals surface area contributed by atoms with Crippen LogP contribution in [0.15, 0.2) is 194 Å². The highest BCUT2D eigenvalue weighted by molar-refractivity contribution is 6.05. The highest BCUT2D eigenvalue weighted by Crippen LogP contribution is 2.63. The fraction of sp³-hybridized carbons (Fsp3) is 0.0185. The summed E-state index contributed by atoms with van der Waals surface area (Å²) >= 11 is 0. The average Bonchev–Trinajstić information content (AvgIpc) is 3.95. The van der Waals surface area contributed by atoms with Crippen LogP contribution in [-0.4, -0.2) is 15.0 Å². The van der Waals surface area contributed by atoms with Crippen molar-refractivity contribution >= 4 is 21.8 Å². The van der Waals surface area contributed by atoms with Gasteiger partial charge in [-0.05, 0) is 131 Å². The van der Waals surface area contributed by atoms with Gasteiger partial charge in [0, 0.05) is 0 Å². The lowest BCUT2D eigenvalue weighted by atomic mass is 9.70. The highest BCUT2D eigenvalue weighted by atomic mass is 15.5. The van der Waals surface area contributed by atoms with Crippen LogP contribution in [0.3, 0.4) is 0 Å². The number of fused-ring (bicyclic) bond motifs is 12. The van der Waals surface area contributed by atoms with Gasteiger partial charge < -0.3 is 0 Å². The summed E-state index contributed by atoms with van der Waals surface area (Å²) in [5.41, 5.74) is 20.2. The molecule has 0 atom stereocenters. The second kappa shape index (κ2) is 12.3. The summed E-state index contributed by atoms with van der Waals surface area (Å²) in [6, 6.07) is 71.6. The molecule has 0 radical (unpaired) electrons. The minimum Gasteiger partial charge on any atom is -0.192 e. The fourth-order valence-electron chi connectivity index (χ4n) is 9.79. The maximum atomic E-state index is 9.28. The Morgan fingerprint density at radius 1 is 0.379 bits per heavy atom. The normalized spacial score (nSPS) is 12.9. The van der Waals surface area contributed by atoms with Crippen molar-refractivity contribution in [3.05, 3.63) is 222 Å². The Kier molecular flexibility index (Phi) is 6.88. The van der Waals surface area contributed by atoms with Crippen LogP contribution in [0.4, 0.5) is 0 Å². The van der Waals surface area contributed by atoms with E-state index in [0.29, 0.717) is 5.56 Å². The summed E-state index contributed by atoms with van der Waals surface area (Å²) in [4.78, 5) is 1.74. The SMILES string of the molecule is N#Cc1ccc(-c2ccc(-c3ccc(-n4nc5ccc(-c6ccc7c(c6)C6(c8ccccc8-c8ccccc86)c6ccccc6-7)cc5n4)cc3)c3ccccc23)cc1. The molecule has 0 saturated carbocycles. The van der Waals surface area contributed by atoms with Gasteiger partial charge in [-0.1, -0.05) is 152 Å². The van der Waals surface area contributed by atoms with E-state index in [0.717, 1.165) is 50.1 Å². The molecule has 10 aromatic rings. The van der Waals surface area contributed by atoms with Crippen LogP contribution in [-0.2, 0) is 5.41 Å². The van der Waals surface area contributed by atoms with Crippen molar-refractivity contribution in [2.45, 2.75) is 5.41 Å². The minimum absolute atomic E-state index is 0.381. The molecular weight excluding hydrogens is 705 g/mol. The van der Waals surface area contributed by atoms with E-state index >= 15 is 0 Å². The molecule has 2 aliphatic carbocycles. The molecule has 1 heterocycles. The molecule has 0 fully saturated rings. The van der Waals surface area contributed by atoms with Crippen LogP contribution >= 0.6 is 0 Å². The smallest absolute Gasteiger partial charge is 0.114 e. The topological polar surface area (TPSA) is 54.5 Å². The molecule has 0 N–H and O–H groups in total. The van der Waals surface area contributed by atoms with Crippen molar-refractivity contribution in [3.63, 3.8) is 0 Å². The standard InChI is InChI=1S/C54H32N4/c55-33-34-17-19-35(20-18-34)40-28-29-41(43-10-2-1-9-42(40)43)36-21-25-39(26-22-36)58-56-52-30-24-38(32-53(52)57-58)37-23-27-47-46-13-5-8-16-50(46)54(51(47)31-37)48-14-6-3-11-44(48)45-12-4-7-15-49(45)54/h1-32H. The van der Waals surface area contributed by atoms with Gasteiger partial charge in [0.25, 0.3) is 0 Å². The average molecular weight is 737 g/mol. The Bertz CT molecular complexity index is 3280. The van der Waals surface area contributed by atoms with E-state index in [9.17, 15) is 5.26 Å². The zero-order chi connectivity index (χ0) is 38.4. The van der Waals surface area contributed by atoms with Crippen molar-refractivity contribution < 1.29 is 0 Å². The first-order chi connectivity index (χ1) is 28.7. The van der Waals surface area contributed by atoms with Crippen LogP contribution in [0.2, 0.25) is 0 Å². The number of benzene rings is 9. The molecule has 268 valence electrons. The van der Waals surface area contributed by atoms with E-state index < -0.39 is 0 Å². The summed E-state index contributed by atoms with van der Waals surface area (Å²) in [5.74, 6) is 0. The van der Waals surface area contributed by atoms with Gasteiger partial charge in [0.1, 0.15) is 11.0 Å². The van der Waals surface area contributed by atoms with Gasteiger partial charge in [-0.25, -0.2) is 0 Å². The lowest BCUT2D eigenvalue weighted by Crippen LogP contribution is -2.25. The zero-order valence-electron chi connectivity index (χ0n) is 31.3. The zero-order valence-corrected chi connectivity index (χ0v) is 31.3. The van der Waals surface area contributed by atoms with Gasteiger partial charge in [-0.15, -0.1) is 10.2 Å². The molecule has 0 saturated heterocycles. The van der Waals surface area contributed by atoms with E-state index in [1.807, 2.05) is 24.3 Å². The van der Waals surface area contributed by atoms with Gasteiger partial charge in [-0.2, -0.15) is 10.1 Å². The maximum absolute atomic E-state index is 9.28. The molecule has 0 bridgehead atoms. The Labute approximate surface area is 335 Å². The molecule has 4 heteroatoms. The summed E-state index contributed by atoms with van der Waals surface area (Å²) in [6.45, 7) is 0.